The van der Waals surface area contributed by atoms with Crippen molar-refractivity contribution in [2.45, 2.75) is 34.2 Å². The normalized spacial score (nSPS) is 15.0. The summed E-state index contributed by atoms with van der Waals surface area (Å²) in [5.41, 5.74) is 7.11. The summed E-state index contributed by atoms with van der Waals surface area (Å²) in [7, 11) is 0. The van der Waals surface area contributed by atoms with Crippen molar-refractivity contribution in [1.82, 2.24) is 14.8 Å². The highest BCUT2D eigenvalue weighted by Gasteiger charge is 2.24. The smallest absolute Gasteiger partial charge is 0.270 e. The topological polar surface area (TPSA) is 56.4 Å². The third kappa shape index (κ3) is 3.77. The van der Waals surface area contributed by atoms with Gasteiger partial charge in [-0.1, -0.05) is 24.3 Å². The fraction of sp³-hybridized carbons (Fsp3) is 0.360. The number of aromatic amines is 1. The molecule has 5 heteroatoms. The van der Waals surface area contributed by atoms with Crippen molar-refractivity contribution in [2.75, 3.05) is 26.2 Å². The van der Waals surface area contributed by atoms with Gasteiger partial charge in [0.25, 0.3) is 5.91 Å². The van der Waals surface area contributed by atoms with Gasteiger partial charge in [0, 0.05) is 49.2 Å². The van der Waals surface area contributed by atoms with E-state index in [0.29, 0.717) is 18.8 Å². The molecule has 2 aromatic carbocycles. The largest absolute Gasteiger partial charge is 0.351 e. The molecule has 2 heterocycles. The van der Waals surface area contributed by atoms with Gasteiger partial charge < -0.3 is 9.88 Å². The third-order valence-corrected chi connectivity index (χ3v) is 6.28. The number of aromatic nitrogens is 1. The van der Waals surface area contributed by atoms with Crippen molar-refractivity contribution >= 4 is 22.6 Å². The molecule has 30 heavy (non-hydrogen) atoms. The molecular weight excluding hydrogens is 374 g/mol. The average Bonchev–Trinajstić information content (AvgIpc) is 3.15. The van der Waals surface area contributed by atoms with Crippen LogP contribution in [-0.4, -0.2) is 52.7 Å². The first-order chi connectivity index (χ1) is 14.3. The molecule has 5 nitrogen and oxygen atoms in total. The van der Waals surface area contributed by atoms with Crippen molar-refractivity contribution in [3.8, 4) is 0 Å². The SMILES string of the molecule is CC(=O)c1c(C)cc(C)c(CN2CCN(C(=O)c3cc4ccccc4[nH]3)CC2)c1C. The average molecular weight is 404 g/mol. The van der Waals surface area contributed by atoms with Crippen molar-refractivity contribution < 1.29 is 9.59 Å². The summed E-state index contributed by atoms with van der Waals surface area (Å²) in [5, 5.41) is 1.06. The Hall–Kier alpha value is -2.92. The quantitative estimate of drug-likeness (QED) is 0.663. The fourth-order valence-corrected chi connectivity index (χ4v) is 4.70. The number of ketones is 1. The number of amides is 1. The molecule has 1 amide bonds. The fourth-order valence-electron chi connectivity index (χ4n) is 4.70. The van der Waals surface area contributed by atoms with E-state index in [1.54, 1.807) is 6.92 Å². The Bertz CT molecular complexity index is 1090. The van der Waals surface area contributed by atoms with Gasteiger partial charge in [0.1, 0.15) is 5.69 Å². The minimum atomic E-state index is 0.0624. The molecule has 1 saturated heterocycles. The second-order valence-corrected chi connectivity index (χ2v) is 8.38. The number of fused-ring (bicyclic) bond motifs is 1. The lowest BCUT2D eigenvalue weighted by molar-refractivity contribution is 0.0623. The van der Waals surface area contributed by atoms with E-state index in [1.165, 1.54) is 11.1 Å². The number of piperazine rings is 1. The van der Waals surface area contributed by atoms with Crippen LogP contribution in [0, 0.1) is 20.8 Å². The zero-order chi connectivity index (χ0) is 21.4. The number of benzene rings is 2. The Morgan fingerprint density at radius 1 is 0.967 bits per heavy atom. The Labute approximate surface area is 177 Å². The maximum absolute atomic E-state index is 12.9. The van der Waals surface area contributed by atoms with E-state index in [1.807, 2.05) is 42.2 Å². The summed E-state index contributed by atoms with van der Waals surface area (Å²) < 4.78 is 0. The van der Waals surface area contributed by atoms with E-state index in [2.05, 4.69) is 29.8 Å². The summed E-state index contributed by atoms with van der Waals surface area (Å²) >= 11 is 0. The van der Waals surface area contributed by atoms with E-state index in [4.69, 9.17) is 0 Å². The van der Waals surface area contributed by atoms with Crippen LogP contribution in [0.3, 0.4) is 0 Å². The number of hydrogen-bond donors (Lipinski definition) is 1. The molecule has 1 aromatic heterocycles. The number of nitrogens with one attached hydrogen (secondary N) is 1. The Morgan fingerprint density at radius 2 is 1.67 bits per heavy atom. The van der Waals surface area contributed by atoms with Crippen LogP contribution in [0.5, 0.6) is 0 Å². The van der Waals surface area contributed by atoms with Crippen molar-refractivity contribution in [3.63, 3.8) is 0 Å². The summed E-state index contributed by atoms with van der Waals surface area (Å²) in [5.74, 6) is 0.187. The van der Waals surface area contributed by atoms with Crippen LogP contribution in [0.2, 0.25) is 0 Å². The molecule has 0 atom stereocenters. The molecule has 0 spiro atoms. The predicted octanol–water partition coefficient (Wildman–Crippen LogP) is 4.25. The van der Waals surface area contributed by atoms with Crippen LogP contribution in [0.4, 0.5) is 0 Å². The molecule has 1 N–H and O–H groups in total. The second-order valence-electron chi connectivity index (χ2n) is 8.38. The van der Waals surface area contributed by atoms with E-state index in [0.717, 1.165) is 47.2 Å². The highest BCUT2D eigenvalue weighted by atomic mass is 16.2. The molecule has 1 fully saturated rings. The molecule has 1 aliphatic rings. The van der Waals surface area contributed by atoms with Gasteiger partial charge in [0.05, 0.1) is 0 Å². The maximum atomic E-state index is 12.9. The maximum Gasteiger partial charge on any atom is 0.270 e. The summed E-state index contributed by atoms with van der Waals surface area (Å²) in [4.78, 5) is 32.6. The summed E-state index contributed by atoms with van der Waals surface area (Å²) in [6.07, 6.45) is 0. The number of para-hydroxylation sites is 1. The molecule has 1 aliphatic heterocycles. The lowest BCUT2D eigenvalue weighted by atomic mass is 9.91. The van der Waals surface area contributed by atoms with Crippen LogP contribution in [-0.2, 0) is 6.54 Å². The van der Waals surface area contributed by atoms with Crippen molar-refractivity contribution in [1.29, 1.82) is 0 Å². The van der Waals surface area contributed by atoms with Crippen LogP contribution in [0.1, 0.15) is 50.0 Å². The van der Waals surface area contributed by atoms with Gasteiger partial charge in [0.15, 0.2) is 5.78 Å². The molecule has 156 valence electrons. The first-order valence-corrected chi connectivity index (χ1v) is 10.5. The number of aryl methyl sites for hydroxylation is 2. The van der Waals surface area contributed by atoms with Crippen LogP contribution < -0.4 is 0 Å². The Balaban J connectivity index is 1.44. The third-order valence-electron chi connectivity index (χ3n) is 6.28. The van der Waals surface area contributed by atoms with Crippen molar-refractivity contribution in [2.24, 2.45) is 0 Å². The molecule has 0 saturated carbocycles. The Morgan fingerprint density at radius 3 is 2.33 bits per heavy atom. The van der Waals surface area contributed by atoms with Crippen LogP contribution >= 0.6 is 0 Å². The lowest BCUT2D eigenvalue weighted by Gasteiger charge is -2.35. The van der Waals surface area contributed by atoms with E-state index >= 15 is 0 Å². The summed E-state index contributed by atoms with van der Waals surface area (Å²) in [6.45, 7) is 11.7. The molecule has 0 bridgehead atoms. The molecule has 0 radical (unpaired) electrons. The number of carbonyl (C=O) groups excluding carboxylic acids is 2. The van der Waals surface area contributed by atoms with Crippen LogP contribution in [0.25, 0.3) is 10.9 Å². The minimum absolute atomic E-state index is 0.0624. The van der Waals surface area contributed by atoms with Gasteiger partial charge in [-0.25, -0.2) is 0 Å². The van der Waals surface area contributed by atoms with Crippen molar-refractivity contribution in [3.05, 3.63) is 69.9 Å². The number of carbonyl (C=O) groups is 2. The molecule has 4 rings (SSSR count). The predicted molar refractivity (Wildman–Crippen MR) is 120 cm³/mol. The number of rotatable bonds is 4. The standard InChI is InChI=1S/C25H29N3O2/c1-16-13-17(2)24(19(4)29)18(3)21(16)15-27-9-11-28(12-10-27)25(30)23-14-20-7-5-6-8-22(20)26-23/h5-8,13-14,26H,9-12,15H2,1-4H3. The van der Waals surface area contributed by atoms with Gasteiger partial charge in [-0.15, -0.1) is 0 Å². The minimum Gasteiger partial charge on any atom is -0.351 e. The highest BCUT2D eigenvalue weighted by molar-refractivity contribution is 5.98. The van der Waals surface area contributed by atoms with Gasteiger partial charge in [0.2, 0.25) is 0 Å². The molecular formula is C25H29N3O2. The summed E-state index contributed by atoms with van der Waals surface area (Å²) in [6, 6.07) is 12.0. The Kier molecular flexibility index (Phi) is 5.48. The van der Waals surface area contributed by atoms with Crippen LogP contribution in [0.15, 0.2) is 36.4 Å². The zero-order valence-corrected chi connectivity index (χ0v) is 18.2. The zero-order valence-electron chi connectivity index (χ0n) is 18.2. The second kappa shape index (κ2) is 8.07. The number of H-pyrrole nitrogens is 1. The first kappa shape index (κ1) is 20.4. The molecule has 0 unspecified atom stereocenters. The number of Topliss-reactive ketones (excluding diaryl/α,β-unsaturated/α-hetero) is 1. The molecule has 0 aliphatic carbocycles. The first-order valence-electron chi connectivity index (χ1n) is 10.5. The van der Waals surface area contributed by atoms with Gasteiger partial charge in [-0.2, -0.15) is 0 Å². The molecule has 3 aromatic rings. The van der Waals surface area contributed by atoms with E-state index in [-0.39, 0.29) is 11.7 Å². The monoisotopic (exact) mass is 403 g/mol. The highest BCUT2D eigenvalue weighted by Crippen LogP contribution is 2.25. The number of nitrogens with zero attached hydrogens (tertiary/aromatic N) is 2. The van der Waals surface area contributed by atoms with Gasteiger partial charge in [-0.3, -0.25) is 14.5 Å². The van der Waals surface area contributed by atoms with Gasteiger partial charge in [-0.05, 0) is 62.1 Å². The van der Waals surface area contributed by atoms with Gasteiger partial charge >= 0.3 is 0 Å². The lowest BCUT2D eigenvalue weighted by Crippen LogP contribution is -2.48. The van der Waals surface area contributed by atoms with E-state index < -0.39 is 0 Å². The van der Waals surface area contributed by atoms with E-state index in [9.17, 15) is 9.59 Å². The number of hydrogen-bond acceptors (Lipinski definition) is 3.